The van der Waals surface area contributed by atoms with Crippen molar-refractivity contribution in [3.63, 3.8) is 0 Å². The van der Waals surface area contributed by atoms with E-state index < -0.39 is 83.2 Å². The Morgan fingerprint density at radius 3 is 2.42 bits per heavy atom. The van der Waals surface area contributed by atoms with Gasteiger partial charge in [0.05, 0.1) is 19.3 Å². The van der Waals surface area contributed by atoms with Crippen LogP contribution in [0.3, 0.4) is 0 Å². The van der Waals surface area contributed by atoms with Crippen LogP contribution in [-0.2, 0) is 32.2 Å². The van der Waals surface area contributed by atoms with Crippen LogP contribution in [0.15, 0.2) is 23.8 Å². The van der Waals surface area contributed by atoms with Crippen molar-refractivity contribution in [1.29, 1.82) is 0 Å². The summed E-state index contributed by atoms with van der Waals surface area (Å²) in [5.74, 6) is -0.184. The van der Waals surface area contributed by atoms with Crippen molar-refractivity contribution in [1.82, 2.24) is 39.0 Å². The highest BCUT2D eigenvalue weighted by Crippen LogP contribution is 2.50. The molecular formula is C20H24ClN10O12P2+. The minimum atomic E-state index is -5.11. The van der Waals surface area contributed by atoms with Crippen molar-refractivity contribution in [3.05, 3.63) is 29.3 Å². The van der Waals surface area contributed by atoms with Gasteiger partial charge in [0.15, 0.2) is 35.1 Å². The minimum absolute atomic E-state index is 0.103. The molecule has 45 heavy (non-hydrogen) atoms. The van der Waals surface area contributed by atoms with Crippen LogP contribution in [0.1, 0.15) is 12.5 Å². The monoisotopic (exact) mass is 693 g/mol. The lowest BCUT2D eigenvalue weighted by Crippen LogP contribution is -2.36. The Bertz CT molecular complexity index is 1860. The van der Waals surface area contributed by atoms with E-state index in [1.807, 2.05) is 0 Å². The van der Waals surface area contributed by atoms with E-state index in [2.05, 4.69) is 34.4 Å². The molecule has 22 nitrogen and oxygen atoms in total. The number of nitrogen functional groups attached to an aromatic ring is 2. The summed E-state index contributed by atoms with van der Waals surface area (Å²) < 4.78 is 53.3. The smallest absolute Gasteiger partial charge is 0.389 e. The lowest BCUT2D eigenvalue weighted by molar-refractivity contribution is -0.0582. The van der Waals surface area contributed by atoms with Gasteiger partial charge in [-0.2, -0.15) is 4.98 Å². The number of hydrogen-bond donors (Lipinski definition) is 7. The van der Waals surface area contributed by atoms with Gasteiger partial charge in [0.1, 0.15) is 54.3 Å². The summed E-state index contributed by atoms with van der Waals surface area (Å²) >= 11 is 6.41. The number of nitrogens with two attached hydrogens (primary N) is 2. The highest BCUT2D eigenvalue weighted by molar-refractivity contribution is 7.47. The van der Waals surface area contributed by atoms with E-state index in [-0.39, 0.29) is 34.1 Å². The maximum absolute atomic E-state index is 13.1. The quantitative estimate of drug-likeness (QED) is 0.0727. The molecular weight excluding hydrogens is 670 g/mol. The Balaban J connectivity index is 1.20. The molecule has 0 bridgehead atoms. The summed E-state index contributed by atoms with van der Waals surface area (Å²) in [5.41, 5.74) is 11.0. The normalized spacial score (nSPS) is 30.3. The molecule has 10 atom stereocenters. The van der Waals surface area contributed by atoms with Crippen LogP contribution in [0.25, 0.3) is 22.3 Å². The summed E-state index contributed by atoms with van der Waals surface area (Å²) in [7, 11) is -8.20. The number of alkyl halides is 1. The zero-order valence-corrected chi connectivity index (χ0v) is 24.9. The molecule has 0 aliphatic carbocycles. The highest BCUT2D eigenvalue weighted by atomic mass is 35.5. The number of ether oxygens (including phenoxy) is 2. The Morgan fingerprint density at radius 1 is 1.02 bits per heavy atom. The molecule has 2 unspecified atom stereocenters. The Morgan fingerprint density at radius 2 is 1.69 bits per heavy atom. The summed E-state index contributed by atoms with van der Waals surface area (Å²) in [6, 6.07) is 0. The largest absolute Gasteiger partial charge is 0.694 e. The second-order valence-corrected chi connectivity index (χ2v) is 12.4. The number of halogens is 1. The van der Waals surface area contributed by atoms with Crippen LogP contribution >= 0.6 is 27.7 Å². The van der Waals surface area contributed by atoms with Crippen LogP contribution < -0.4 is 17.0 Å². The number of aromatic amines is 1. The first-order valence-corrected chi connectivity index (χ1v) is 15.8. The number of nitrogens with zero attached hydrogens (tertiary/aromatic N) is 7. The molecule has 0 aromatic carbocycles. The Kier molecular flexibility index (Phi) is 8.58. The number of aliphatic hydroxyl groups excluding tert-OH is 2. The van der Waals surface area contributed by atoms with Crippen molar-refractivity contribution in [2.75, 3.05) is 24.7 Å². The molecule has 2 saturated heterocycles. The molecule has 2 fully saturated rings. The molecule has 4 aromatic heterocycles. The van der Waals surface area contributed by atoms with Gasteiger partial charge >= 0.3 is 16.1 Å². The van der Waals surface area contributed by atoms with E-state index in [0.29, 0.717) is 0 Å². The zero-order valence-electron chi connectivity index (χ0n) is 22.4. The third kappa shape index (κ3) is 6.03. The number of phosphoric ester groups is 1. The van der Waals surface area contributed by atoms with Crippen LogP contribution in [-0.4, -0.2) is 108 Å². The third-order valence-electron chi connectivity index (χ3n) is 7.00. The number of fused-ring (bicyclic) bond motifs is 2. The molecule has 242 valence electrons. The average Bonchev–Trinajstić information content (AvgIpc) is 3.73. The second kappa shape index (κ2) is 12.2. The molecule has 0 amide bonds. The standard InChI is InChI=1S/C20H23ClN10O12P2/c21-8-11(32)7(41-18(8)30-4-26-9-14(22)24-3-25-15(9)30)2-40-45(37,38)43-13-12(33)6(1-39-44(35)36)42-19(13)31-5-27-10-16(31)28-20(23)29-17(10)34/h3-8,11-13,18-19,32-33H,1-2H2,(H6-,22,23,24,25,28,29,34,35,36,37,38)/p+1/t6-,7-,8+,11-,12-,13-,18-,19-/m1/s1. The number of phosphoric acid groups is 1. The number of nitrogens with one attached hydrogen (secondary N) is 1. The Labute approximate surface area is 255 Å². The molecule has 9 N–H and O–H groups in total. The van der Waals surface area contributed by atoms with Crippen LogP contribution in [0.2, 0.25) is 0 Å². The predicted octanol–water partition coefficient (Wildman–Crippen LogP) is -1.58. The van der Waals surface area contributed by atoms with E-state index in [1.165, 1.54) is 17.2 Å². The number of imidazole rings is 2. The van der Waals surface area contributed by atoms with Gasteiger partial charge in [0, 0.05) is 4.57 Å². The fraction of sp³-hybridized carbons (Fsp3) is 0.500. The predicted molar refractivity (Wildman–Crippen MR) is 148 cm³/mol. The van der Waals surface area contributed by atoms with Gasteiger partial charge < -0.3 is 36.0 Å². The van der Waals surface area contributed by atoms with Gasteiger partial charge in [-0.05, 0) is 0 Å². The van der Waals surface area contributed by atoms with E-state index >= 15 is 0 Å². The molecule has 6 rings (SSSR count). The number of anilines is 2. The lowest BCUT2D eigenvalue weighted by Gasteiger charge is -2.25. The molecule has 0 spiro atoms. The maximum atomic E-state index is 13.1. The first kappa shape index (κ1) is 31.7. The number of rotatable bonds is 10. The topological polar surface area (TPSA) is 320 Å². The SMILES string of the molecule is Nc1nc2c(ncn2[C@@H]2O[C@H](CO[P+](=O)O)[C@@H](O)[C@H]2OP(=O)(O)OC[C@H]2O[C@@H](n3cnc4c(N)ncnc43)[C@@H](Cl)[C@@H]2O)c(=O)[nH]1. The Hall–Kier alpha value is -3.24. The van der Waals surface area contributed by atoms with Crippen molar-refractivity contribution >= 4 is 61.8 Å². The third-order valence-corrected chi connectivity index (χ3v) is 8.83. The van der Waals surface area contributed by atoms with Crippen LogP contribution in [0, 0.1) is 0 Å². The molecule has 25 heteroatoms. The fourth-order valence-corrected chi connectivity index (χ4v) is 6.48. The van der Waals surface area contributed by atoms with E-state index in [1.54, 1.807) is 0 Å². The van der Waals surface area contributed by atoms with Gasteiger partial charge in [-0.3, -0.25) is 28.0 Å². The summed E-state index contributed by atoms with van der Waals surface area (Å²) in [6.07, 6.45) is -6.43. The first-order chi connectivity index (χ1) is 21.3. The number of aliphatic hydroxyl groups is 2. The van der Waals surface area contributed by atoms with Gasteiger partial charge in [-0.1, -0.05) is 0 Å². The zero-order chi connectivity index (χ0) is 32.2. The summed E-state index contributed by atoms with van der Waals surface area (Å²) in [5, 5.41) is 20.6. The van der Waals surface area contributed by atoms with E-state index in [0.717, 1.165) is 10.9 Å². The second-order valence-electron chi connectivity index (χ2n) is 9.78. The summed E-state index contributed by atoms with van der Waals surface area (Å²) in [6.45, 7) is -1.35. The van der Waals surface area contributed by atoms with Gasteiger partial charge in [-0.15, -0.1) is 21.0 Å². The van der Waals surface area contributed by atoms with Gasteiger partial charge in [0.25, 0.3) is 5.56 Å². The molecule has 0 radical (unpaired) electrons. The average molecular weight is 694 g/mol. The molecule has 2 aliphatic heterocycles. The number of hydrogen-bond acceptors (Lipinski definition) is 17. The van der Waals surface area contributed by atoms with Gasteiger partial charge in [0.2, 0.25) is 5.95 Å². The first-order valence-electron chi connectivity index (χ1n) is 12.8. The van der Waals surface area contributed by atoms with Crippen molar-refractivity contribution in [2.24, 2.45) is 0 Å². The molecule has 6 heterocycles. The van der Waals surface area contributed by atoms with Gasteiger partial charge in [-0.25, -0.2) is 24.5 Å². The molecule has 0 saturated carbocycles. The van der Waals surface area contributed by atoms with Crippen molar-refractivity contribution < 1.29 is 52.2 Å². The van der Waals surface area contributed by atoms with Crippen LogP contribution in [0.5, 0.6) is 0 Å². The molecule has 2 aliphatic rings. The molecule has 4 aromatic rings. The van der Waals surface area contributed by atoms with Crippen molar-refractivity contribution in [3.8, 4) is 0 Å². The highest BCUT2D eigenvalue weighted by Gasteiger charge is 2.51. The van der Waals surface area contributed by atoms with E-state index in [9.17, 15) is 29.0 Å². The van der Waals surface area contributed by atoms with Crippen LogP contribution in [0.4, 0.5) is 11.8 Å². The summed E-state index contributed by atoms with van der Waals surface area (Å²) in [4.78, 5) is 54.2. The fourth-order valence-electron chi connectivity index (χ4n) is 4.93. The minimum Gasteiger partial charge on any atom is -0.389 e. The van der Waals surface area contributed by atoms with Crippen molar-refractivity contribution in [2.45, 2.75) is 48.4 Å². The van der Waals surface area contributed by atoms with E-state index in [4.69, 9.17) is 46.5 Å². The lowest BCUT2D eigenvalue weighted by atomic mass is 10.1. The number of aromatic nitrogens is 8. The maximum Gasteiger partial charge on any atom is 0.694 e. The number of H-pyrrole nitrogens is 1.